The van der Waals surface area contributed by atoms with Gasteiger partial charge in [0.2, 0.25) is 5.95 Å². The molecule has 0 spiro atoms. The largest absolute Gasteiger partial charge is 0.350 e. The second-order valence-corrected chi connectivity index (χ2v) is 5.84. The summed E-state index contributed by atoms with van der Waals surface area (Å²) in [6, 6.07) is 19.7. The van der Waals surface area contributed by atoms with Crippen LogP contribution < -0.4 is 10.6 Å². The second-order valence-electron chi connectivity index (χ2n) is 5.84. The van der Waals surface area contributed by atoms with E-state index in [2.05, 4.69) is 57.9 Å². The number of para-hydroxylation sites is 1. The number of benzene rings is 2. The Labute approximate surface area is 147 Å². The van der Waals surface area contributed by atoms with E-state index in [0.717, 1.165) is 11.4 Å². The maximum Gasteiger partial charge on any atom is 0.225 e. The standard InChI is InChI=1S/C20H19N5/c1-14-7-9-16(10-8-14)13-22-20-23-15(2)11-19(25-20)24-18-6-4-3-5-17(18)12-21/h3-11H,13H2,1-2H3,(H2,22,23,24,25). The van der Waals surface area contributed by atoms with Gasteiger partial charge in [-0.15, -0.1) is 0 Å². The number of nitriles is 1. The summed E-state index contributed by atoms with van der Waals surface area (Å²) in [6.07, 6.45) is 0. The Morgan fingerprint density at radius 1 is 1.00 bits per heavy atom. The van der Waals surface area contributed by atoms with Gasteiger partial charge in [-0.2, -0.15) is 10.2 Å². The highest BCUT2D eigenvalue weighted by molar-refractivity contribution is 5.65. The first-order chi connectivity index (χ1) is 12.1. The summed E-state index contributed by atoms with van der Waals surface area (Å²) in [5.74, 6) is 1.21. The molecular formula is C20H19N5. The average Bonchev–Trinajstić information content (AvgIpc) is 2.61. The monoisotopic (exact) mass is 329 g/mol. The first-order valence-corrected chi connectivity index (χ1v) is 8.05. The molecule has 124 valence electrons. The average molecular weight is 329 g/mol. The van der Waals surface area contributed by atoms with Crippen molar-refractivity contribution >= 4 is 17.5 Å². The zero-order valence-electron chi connectivity index (χ0n) is 14.2. The van der Waals surface area contributed by atoms with Crippen molar-refractivity contribution in [2.45, 2.75) is 20.4 Å². The molecule has 0 unspecified atom stereocenters. The molecule has 1 aromatic heterocycles. The number of hydrogen-bond donors (Lipinski definition) is 2. The lowest BCUT2D eigenvalue weighted by atomic mass is 10.1. The van der Waals surface area contributed by atoms with E-state index in [1.54, 1.807) is 6.07 Å². The summed E-state index contributed by atoms with van der Waals surface area (Å²) in [4.78, 5) is 8.92. The van der Waals surface area contributed by atoms with Gasteiger partial charge >= 0.3 is 0 Å². The Hall–Kier alpha value is -3.39. The van der Waals surface area contributed by atoms with E-state index in [1.165, 1.54) is 11.1 Å². The van der Waals surface area contributed by atoms with Crippen molar-refractivity contribution in [1.82, 2.24) is 9.97 Å². The molecule has 0 bridgehead atoms. The third-order valence-corrected chi connectivity index (χ3v) is 3.74. The van der Waals surface area contributed by atoms with Gasteiger partial charge in [-0.25, -0.2) is 4.98 Å². The second kappa shape index (κ2) is 7.45. The quantitative estimate of drug-likeness (QED) is 0.729. The summed E-state index contributed by atoms with van der Waals surface area (Å²) in [5, 5.41) is 15.6. The highest BCUT2D eigenvalue weighted by Gasteiger charge is 2.06. The number of aromatic nitrogens is 2. The molecule has 0 aliphatic carbocycles. The summed E-state index contributed by atoms with van der Waals surface area (Å²) >= 11 is 0. The van der Waals surface area contributed by atoms with E-state index in [1.807, 2.05) is 31.2 Å². The molecule has 0 saturated heterocycles. The molecule has 0 radical (unpaired) electrons. The predicted molar refractivity (Wildman–Crippen MR) is 99.7 cm³/mol. The molecule has 2 aromatic carbocycles. The summed E-state index contributed by atoms with van der Waals surface area (Å²) in [6.45, 7) is 4.63. The molecule has 2 N–H and O–H groups in total. The fourth-order valence-corrected chi connectivity index (χ4v) is 2.43. The van der Waals surface area contributed by atoms with E-state index in [-0.39, 0.29) is 0 Å². The number of hydrogen-bond acceptors (Lipinski definition) is 5. The van der Waals surface area contributed by atoms with Crippen molar-refractivity contribution in [3.8, 4) is 6.07 Å². The van der Waals surface area contributed by atoms with E-state index in [0.29, 0.717) is 23.9 Å². The Kier molecular flexibility index (Phi) is 4.91. The first kappa shape index (κ1) is 16.5. The molecular weight excluding hydrogens is 310 g/mol. The SMILES string of the molecule is Cc1ccc(CNc2nc(C)cc(Nc3ccccc3C#N)n2)cc1. The molecule has 0 aliphatic heterocycles. The molecule has 0 saturated carbocycles. The van der Waals surface area contributed by atoms with Crippen molar-refractivity contribution in [2.24, 2.45) is 0 Å². The highest BCUT2D eigenvalue weighted by atomic mass is 15.1. The fourth-order valence-electron chi connectivity index (χ4n) is 2.43. The van der Waals surface area contributed by atoms with Crippen LogP contribution in [0.2, 0.25) is 0 Å². The van der Waals surface area contributed by atoms with Crippen LogP contribution in [0.3, 0.4) is 0 Å². The van der Waals surface area contributed by atoms with Gasteiger partial charge in [0, 0.05) is 18.3 Å². The number of nitrogens with one attached hydrogen (secondary N) is 2. The molecule has 3 aromatic rings. The first-order valence-electron chi connectivity index (χ1n) is 8.05. The van der Waals surface area contributed by atoms with Gasteiger partial charge in [0.05, 0.1) is 11.3 Å². The smallest absolute Gasteiger partial charge is 0.225 e. The Morgan fingerprint density at radius 3 is 2.52 bits per heavy atom. The van der Waals surface area contributed by atoms with Gasteiger partial charge in [0.1, 0.15) is 11.9 Å². The van der Waals surface area contributed by atoms with E-state index in [9.17, 15) is 5.26 Å². The summed E-state index contributed by atoms with van der Waals surface area (Å²) in [7, 11) is 0. The highest BCUT2D eigenvalue weighted by Crippen LogP contribution is 2.20. The van der Waals surface area contributed by atoms with Crippen LogP contribution in [-0.4, -0.2) is 9.97 Å². The zero-order valence-corrected chi connectivity index (χ0v) is 14.2. The number of aryl methyl sites for hydroxylation is 2. The van der Waals surface area contributed by atoms with E-state index >= 15 is 0 Å². The molecule has 0 atom stereocenters. The summed E-state index contributed by atoms with van der Waals surface area (Å²) < 4.78 is 0. The van der Waals surface area contributed by atoms with Crippen LogP contribution in [0.5, 0.6) is 0 Å². The van der Waals surface area contributed by atoms with Crippen LogP contribution in [0, 0.1) is 25.2 Å². The van der Waals surface area contributed by atoms with Crippen LogP contribution in [0.1, 0.15) is 22.4 Å². The lowest BCUT2D eigenvalue weighted by Gasteiger charge is -2.11. The number of rotatable bonds is 5. The minimum Gasteiger partial charge on any atom is -0.350 e. The number of nitrogens with zero attached hydrogens (tertiary/aromatic N) is 3. The lowest BCUT2D eigenvalue weighted by molar-refractivity contribution is 1.03. The molecule has 5 nitrogen and oxygen atoms in total. The van der Waals surface area contributed by atoms with Crippen LogP contribution in [0.4, 0.5) is 17.5 Å². The van der Waals surface area contributed by atoms with Crippen LogP contribution in [0.25, 0.3) is 0 Å². The van der Waals surface area contributed by atoms with Crippen LogP contribution >= 0.6 is 0 Å². The maximum atomic E-state index is 9.20. The van der Waals surface area contributed by atoms with Crippen LogP contribution in [-0.2, 0) is 6.54 Å². The molecule has 5 heteroatoms. The van der Waals surface area contributed by atoms with Gasteiger partial charge in [-0.3, -0.25) is 0 Å². The Morgan fingerprint density at radius 2 is 1.76 bits per heavy atom. The normalized spacial score (nSPS) is 10.1. The Balaban J connectivity index is 1.76. The minimum atomic E-state index is 0.553. The van der Waals surface area contributed by atoms with Crippen molar-refractivity contribution in [3.63, 3.8) is 0 Å². The molecule has 0 aliphatic rings. The van der Waals surface area contributed by atoms with E-state index in [4.69, 9.17) is 0 Å². The third kappa shape index (κ3) is 4.33. The summed E-state index contributed by atoms with van der Waals surface area (Å²) in [5.41, 5.74) is 4.55. The van der Waals surface area contributed by atoms with E-state index < -0.39 is 0 Å². The molecule has 0 fully saturated rings. The van der Waals surface area contributed by atoms with Crippen molar-refractivity contribution in [1.29, 1.82) is 5.26 Å². The van der Waals surface area contributed by atoms with Gasteiger partial charge < -0.3 is 10.6 Å². The zero-order chi connectivity index (χ0) is 17.6. The third-order valence-electron chi connectivity index (χ3n) is 3.74. The molecule has 1 heterocycles. The maximum absolute atomic E-state index is 9.20. The van der Waals surface area contributed by atoms with Crippen molar-refractivity contribution in [3.05, 3.63) is 77.0 Å². The molecule has 3 rings (SSSR count). The molecule has 0 amide bonds. The predicted octanol–water partition coefficient (Wildman–Crippen LogP) is 4.32. The number of anilines is 3. The van der Waals surface area contributed by atoms with Crippen molar-refractivity contribution in [2.75, 3.05) is 10.6 Å². The van der Waals surface area contributed by atoms with Crippen molar-refractivity contribution < 1.29 is 0 Å². The fraction of sp³-hybridized carbons (Fsp3) is 0.150. The van der Waals surface area contributed by atoms with Gasteiger partial charge in [-0.1, -0.05) is 42.0 Å². The minimum absolute atomic E-state index is 0.553. The topological polar surface area (TPSA) is 73.6 Å². The Bertz CT molecular complexity index is 910. The lowest BCUT2D eigenvalue weighted by Crippen LogP contribution is -2.06. The van der Waals surface area contributed by atoms with Crippen LogP contribution in [0.15, 0.2) is 54.6 Å². The van der Waals surface area contributed by atoms with Gasteiger partial charge in [-0.05, 0) is 31.5 Å². The van der Waals surface area contributed by atoms with Gasteiger partial charge in [0.15, 0.2) is 0 Å². The van der Waals surface area contributed by atoms with Gasteiger partial charge in [0.25, 0.3) is 0 Å². The molecule has 25 heavy (non-hydrogen) atoms.